The van der Waals surface area contributed by atoms with Crippen molar-refractivity contribution in [2.24, 2.45) is 0 Å². The number of halogens is 1. The third-order valence-electron chi connectivity index (χ3n) is 3.21. The number of hydrogen-bond donors (Lipinski definition) is 1. The molecular formula is C15H14FNS2. The molecule has 0 bridgehead atoms. The van der Waals surface area contributed by atoms with Crippen LogP contribution in [0.4, 0.5) is 10.1 Å². The minimum Gasteiger partial charge on any atom is -0.398 e. The van der Waals surface area contributed by atoms with Gasteiger partial charge < -0.3 is 5.73 Å². The zero-order chi connectivity index (χ0) is 13.2. The lowest BCUT2D eigenvalue weighted by Gasteiger charge is -2.11. The number of nitrogen functional groups attached to an aromatic ring is 1. The lowest BCUT2D eigenvalue weighted by Crippen LogP contribution is -2.01. The zero-order valence-electron chi connectivity index (χ0n) is 10.3. The predicted molar refractivity (Wildman–Crippen MR) is 81.4 cm³/mol. The molecule has 0 radical (unpaired) electrons. The largest absolute Gasteiger partial charge is 0.398 e. The Hall–Kier alpha value is -1.13. The number of hydrogen-bond acceptors (Lipinski definition) is 3. The highest BCUT2D eigenvalue weighted by Crippen LogP contribution is 2.42. The number of anilines is 1. The van der Waals surface area contributed by atoms with Gasteiger partial charge in [0.2, 0.25) is 0 Å². The van der Waals surface area contributed by atoms with E-state index in [0.29, 0.717) is 11.6 Å². The number of thioether (sulfide) groups is 2. The van der Waals surface area contributed by atoms with Crippen LogP contribution in [-0.4, -0.2) is 11.5 Å². The van der Waals surface area contributed by atoms with Crippen LogP contribution in [0, 0.1) is 5.82 Å². The van der Waals surface area contributed by atoms with Crippen molar-refractivity contribution in [3.8, 4) is 0 Å². The second-order valence-electron chi connectivity index (χ2n) is 4.54. The highest BCUT2D eigenvalue weighted by Gasteiger charge is 2.22. The molecule has 19 heavy (non-hydrogen) atoms. The van der Waals surface area contributed by atoms with Gasteiger partial charge in [-0.25, -0.2) is 4.39 Å². The van der Waals surface area contributed by atoms with E-state index in [9.17, 15) is 4.39 Å². The molecule has 0 aromatic heterocycles. The summed E-state index contributed by atoms with van der Waals surface area (Å²) in [6.07, 6.45) is 0. The van der Waals surface area contributed by atoms with Gasteiger partial charge in [0.25, 0.3) is 0 Å². The van der Waals surface area contributed by atoms with Crippen molar-refractivity contribution in [3.63, 3.8) is 0 Å². The van der Waals surface area contributed by atoms with Crippen LogP contribution in [-0.2, 0) is 0 Å². The van der Waals surface area contributed by atoms with Gasteiger partial charge in [-0.05, 0) is 29.8 Å². The van der Waals surface area contributed by atoms with Crippen LogP contribution in [0.3, 0.4) is 0 Å². The van der Waals surface area contributed by atoms with E-state index in [1.807, 2.05) is 11.8 Å². The first-order valence-electron chi connectivity index (χ1n) is 6.13. The van der Waals surface area contributed by atoms with Gasteiger partial charge in [-0.2, -0.15) is 0 Å². The normalized spacial score (nSPS) is 17.4. The Morgan fingerprint density at radius 2 is 2.11 bits per heavy atom. The van der Waals surface area contributed by atoms with Gasteiger partial charge in [-0.3, -0.25) is 0 Å². The highest BCUT2D eigenvalue weighted by atomic mass is 32.2. The van der Waals surface area contributed by atoms with E-state index < -0.39 is 0 Å². The summed E-state index contributed by atoms with van der Waals surface area (Å²) < 4.78 is 13.0. The van der Waals surface area contributed by atoms with E-state index in [1.54, 1.807) is 17.8 Å². The second kappa shape index (κ2) is 5.47. The molecule has 2 aromatic rings. The van der Waals surface area contributed by atoms with Crippen molar-refractivity contribution < 1.29 is 4.39 Å². The molecule has 2 aromatic carbocycles. The maximum atomic E-state index is 13.0. The van der Waals surface area contributed by atoms with Crippen LogP contribution in [0.25, 0.3) is 0 Å². The SMILES string of the molecule is Nc1cc(F)ccc1SCC1CSc2ccccc21. The molecule has 4 heteroatoms. The molecule has 2 N–H and O–H groups in total. The minimum absolute atomic E-state index is 0.274. The summed E-state index contributed by atoms with van der Waals surface area (Å²) in [7, 11) is 0. The van der Waals surface area contributed by atoms with Gasteiger partial charge in [-0.15, -0.1) is 23.5 Å². The Morgan fingerprint density at radius 1 is 1.26 bits per heavy atom. The summed E-state index contributed by atoms with van der Waals surface area (Å²) in [4.78, 5) is 2.36. The van der Waals surface area contributed by atoms with Crippen molar-refractivity contribution in [1.82, 2.24) is 0 Å². The molecule has 0 spiro atoms. The Labute approximate surface area is 120 Å². The Bertz CT molecular complexity index is 600. The molecule has 1 unspecified atom stereocenters. The first-order valence-corrected chi connectivity index (χ1v) is 8.11. The average molecular weight is 291 g/mol. The summed E-state index contributed by atoms with van der Waals surface area (Å²) in [5, 5.41) is 0. The standard InChI is InChI=1S/C15H14FNS2/c16-11-5-6-15(13(17)7-11)19-9-10-8-18-14-4-2-1-3-12(10)14/h1-7,10H,8-9,17H2. The van der Waals surface area contributed by atoms with E-state index in [-0.39, 0.29) is 5.82 Å². The van der Waals surface area contributed by atoms with Gasteiger partial charge in [0.1, 0.15) is 5.82 Å². The van der Waals surface area contributed by atoms with Crippen molar-refractivity contribution in [2.45, 2.75) is 15.7 Å². The van der Waals surface area contributed by atoms with Gasteiger partial charge in [0.15, 0.2) is 0 Å². The van der Waals surface area contributed by atoms with Crippen LogP contribution in [0.1, 0.15) is 11.5 Å². The van der Waals surface area contributed by atoms with Crippen molar-refractivity contribution in [3.05, 3.63) is 53.8 Å². The van der Waals surface area contributed by atoms with Gasteiger partial charge in [0, 0.05) is 32.9 Å². The fourth-order valence-corrected chi connectivity index (χ4v) is 4.68. The Balaban J connectivity index is 1.71. The van der Waals surface area contributed by atoms with Crippen LogP contribution < -0.4 is 5.73 Å². The summed E-state index contributed by atoms with van der Waals surface area (Å²) >= 11 is 3.62. The molecule has 0 amide bonds. The smallest absolute Gasteiger partial charge is 0.125 e. The molecule has 1 atom stereocenters. The third kappa shape index (κ3) is 2.74. The topological polar surface area (TPSA) is 26.0 Å². The lowest BCUT2D eigenvalue weighted by atomic mass is 10.0. The number of fused-ring (bicyclic) bond motifs is 1. The molecule has 1 heterocycles. The molecule has 1 nitrogen and oxygen atoms in total. The van der Waals surface area contributed by atoms with Crippen molar-refractivity contribution in [1.29, 1.82) is 0 Å². The second-order valence-corrected chi connectivity index (χ2v) is 6.66. The van der Waals surface area contributed by atoms with Crippen LogP contribution in [0.5, 0.6) is 0 Å². The number of benzene rings is 2. The van der Waals surface area contributed by atoms with E-state index in [2.05, 4.69) is 24.3 Å². The quantitative estimate of drug-likeness (QED) is 0.671. The molecule has 0 saturated carbocycles. The van der Waals surface area contributed by atoms with Crippen LogP contribution in [0.15, 0.2) is 52.3 Å². The zero-order valence-corrected chi connectivity index (χ0v) is 11.9. The monoisotopic (exact) mass is 291 g/mol. The average Bonchev–Trinajstić information content (AvgIpc) is 2.81. The summed E-state index contributed by atoms with van der Waals surface area (Å²) in [6.45, 7) is 0. The van der Waals surface area contributed by atoms with Crippen LogP contribution in [0.2, 0.25) is 0 Å². The molecular weight excluding hydrogens is 277 g/mol. The van der Waals surface area contributed by atoms with E-state index in [1.165, 1.54) is 22.6 Å². The highest BCUT2D eigenvalue weighted by molar-refractivity contribution is 8.00. The van der Waals surface area contributed by atoms with E-state index in [0.717, 1.165) is 16.4 Å². The van der Waals surface area contributed by atoms with Gasteiger partial charge >= 0.3 is 0 Å². The van der Waals surface area contributed by atoms with Crippen molar-refractivity contribution in [2.75, 3.05) is 17.2 Å². The van der Waals surface area contributed by atoms with Crippen molar-refractivity contribution >= 4 is 29.2 Å². The van der Waals surface area contributed by atoms with E-state index >= 15 is 0 Å². The maximum absolute atomic E-state index is 13.0. The fraction of sp³-hybridized carbons (Fsp3) is 0.200. The first kappa shape index (κ1) is 12.9. The Kier molecular flexibility index (Phi) is 3.71. The maximum Gasteiger partial charge on any atom is 0.125 e. The van der Waals surface area contributed by atoms with Crippen LogP contribution >= 0.6 is 23.5 Å². The summed E-state index contributed by atoms with van der Waals surface area (Å²) in [6, 6.07) is 13.2. The first-order chi connectivity index (χ1) is 9.24. The Morgan fingerprint density at radius 3 is 2.95 bits per heavy atom. The van der Waals surface area contributed by atoms with Gasteiger partial charge in [-0.1, -0.05) is 18.2 Å². The van der Waals surface area contributed by atoms with E-state index in [4.69, 9.17) is 5.73 Å². The minimum atomic E-state index is -0.274. The molecule has 0 fully saturated rings. The molecule has 98 valence electrons. The predicted octanol–water partition coefficient (Wildman–Crippen LogP) is 4.39. The molecule has 0 aliphatic carbocycles. The molecule has 0 saturated heterocycles. The lowest BCUT2D eigenvalue weighted by molar-refractivity contribution is 0.627. The molecule has 1 aliphatic heterocycles. The fourth-order valence-electron chi connectivity index (χ4n) is 2.21. The third-order valence-corrected chi connectivity index (χ3v) is 5.71. The molecule has 1 aliphatic rings. The summed E-state index contributed by atoms with van der Waals surface area (Å²) in [5.41, 5.74) is 7.80. The number of rotatable bonds is 3. The molecule has 3 rings (SSSR count). The number of nitrogens with two attached hydrogens (primary N) is 1. The summed E-state index contributed by atoms with van der Waals surface area (Å²) in [5.74, 6) is 2.38. The van der Waals surface area contributed by atoms with Gasteiger partial charge in [0.05, 0.1) is 0 Å².